The molecule has 118 valence electrons. The van der Waals surface area contributed by atoms with E-state index in [4.69, 9.17) is 9.47 Å². The van der Waals surface area contributed by atoms with Crippen molar-refractivity contribution in [2.45, 2.75) is 31.0 Å². The lowest BCUT2D eigenvalue weighted by molar-refractivity contribution is -0.00278. The van der Waals surface area contributed by atoms with Crippen LogP contribution in [0.3, 0.4) is 0 Å². The van der Waals surface area contributed by atoms with Gasteiger partial charge >= 0.3 is 0 Å². The third-order valence-corrected chi connectivity index (χ3v) is 5.48. The Balaban J connectivity index is 2.30. The number of hydrogen-bond acceptors (Lipinski definition) is 5. The minimum atomic E-state index is -3.58. The fourth-order valence-electron chi connectivity index (χ4n) is 2.35. The van der Waals surface area contributed by atoms with Crippen LogP contribution in [-0.4, -0.2) is 50.7 Å². The van der Waals surface area contributed by atoms with E-state index in [9.17, 15) is 13.5 Å². The number of aliphatic hydroxyl groups excluding tert-OH is 1. The van der Waals surface area contributed by atoms with Crippen molar-refractivity contribution in [2.75, 3.05) is 26.8 Å². The van der Waals surface area contributed by atoms with Gasteiger partial charge in [0.2, 0.25) is 10.0 Å². The van der Waals surface area contributed by atoms with Gasteiger partial charge in [0.05, 0.1) is 31.3 Å². The number of methoxy groups -OCH3 is 1. The Morgan fingerprint density at radius 1 is 1.48 bits per heavy atom. The van der Waals surface area contributed by atoms with Gasteiger partial charge in [-0.05, 0) is 24.6 Å². The molecule has 1 atom stereocenters. The van der Waals surface area contributed by atoms with Crippen molar-refractivity contribution >= 4 is 10.0 Å². The van der Waals surface area contributed by atoms with Gasteiger partial charge in [0.1, 0.15) is 5.75 Å². The minimum Gasteiger partial charge on any atom is -0.496 e. The number of hydrogen-bond donors (Lipinski definition) is 1. The minimum absolute atomic E-state index is 0.0657. The molecule has 0 bridgehead atoms. The zero-order chi connectivity index (χ0) is 15.5. The molecule has 21 heavy (non-hydrogen) atoms. The van der Waals surface area contributed by atoms with E-state index in [2.05, 4.69) is 0 Å². The van der Waals surface area contributed by atoms with E-state index < -0.39 is 10.0 Å². The van der Waals surface area contributed by atoms with Crippen LogP contribution in [0, 0.1) is 0 Å². The van der Waals surface area contributed by atoms with Crippen LogP contribution in [0.5, 0.6) is 5.75 Å². The molecule has 1 aromatic carbocycles. The van der Waals surface area contributed by atoms with Gasteiger partial charge in [0.15, 0.2) is 0 Å². The number of benzene rings is 1. The molecule has 1 aliphatic rings. The number of nitrogens with zero attached hydrogens (tertiary/aromatic N) is 1. The van der Waals surface area contributed by atoms with Crippen LogP contribution in [-0.2, 0) is 21.4 Å². The van der Waals surface area contributed by atoms with Crippen LogP contribution < -0.4 is 4.74 Å². The van der Waals surface area contributed by atoms with Gasteiger partial charge in [0.25, 0.3) is 0 Å². The lowest BCUT2D eigenvalue weighted by Crippen LogP contribution is -2.45. The van der Waals surface area contributed by atoms with Crippen LogP contribution in [0.25, 0.3) is 0 Å². The first-order valence-corrected chi connectivity index (χ1v) is 8.36. The SMILES string of the molecule is CCC1CN(S(=O)(=O)c2ccc(OC)c(CO)c2)CCO1. The van der Waals surface area contributed by atoms with E-state index in [0.29, 0.717) is 31.0 Å². The molecule has 0 spiro atoms. The van der Waals surface area contributed by atoms with Gasteiger partial charge in [-0.1, -0.05) is 6.92 Å². The molecule has 0 aliphatic carbocycles. The average Bonchev–Trinajstić information content (AvgIpc) is 2.54. The van der Waals surface area contributed by atoms with Crippen molar-refractivity contribution in [2.24, 2.45) is 0 Å². The smallest absolute Gasteiger partial charge is 0.243 e. The highest BCUT2D eigenvalue weighted by atomic mass is 32.2. The molecule has 0 amide bonds. The number of morpholine rings is 1. The summed E-state index contributed by atoms with van der Waals surface area (Å²) in [4.78, 5) is 0.170. The van der Waals surface area contributed by atoms with Crippen LogP contribution in [0.2, 0.25) is 0 Å². The van der Waals surface area contributed by atoms with Crippen LogP contribution in [0.15, 0.2) is 23.1 Å². The molecular formula is C14H21NO5S. The molecular weight excluding hydrogens is 294 g/mol. The second-order valence-electron chi connectivity index (χ2n) is 4.90. The highest BCUT2D eigenvalue weighted by Crippen LogP contribution is 2.25. The van der Waals surface area contributed by atoms with Crippen molar-refractivity contribution in [3.8, 4) is 5.75 Å². The van der Waals surface area contributed by atoms with Crippen LogP contribution >= 0.6 is 0 Å². The second-order valence-corrected chi connectivity index (χ2v) is 6.83. The third-order valence-electron chi connectivity index (χ3n) is 3.62. The Hall–Kier alpha value is -1.15. The van der Waals surface area contributed by atoms with Gasteiger partial charge in [0, 0.05) is 18.7 Å². The fourth-order valence-corrected chi connectivity index (χ4v) is 3.85. The summed E-state index contributed by atoms with van der Waals surface area (Å²) >= 11 is 0. The van der Waals surface area contributed by atoms with Crippen LogP contribution in [0.1, 0.15) is 18.9 Å². The first-order valence-electron chi connectivity index (χ1n) is 6.92. The Bertz CT molecular complexity index is 587. The molecule has 0 saturated carbocycles. The summed E-state index contributed by atoms with van der Waals surface area (Å²) in [7, 11) is -2.09. The molecule has 2 rings (SSSR count). The van der Waals surface area contributed by atoms with Crippen molar-refractivity contribution < 1.29 is 23.0 Å². The molecule has 1 aliphatic heterocycles. The van der Waals surface area contributed by atoms with E-state index >= 15 is 0 Å². The topological polar surface area (TPSA) is 76.1 Å². The molecule has 1 heterocycles. The quantitative estimate of drug-likeness (QED) is 0.877. The lowest BCUT2D eigenvalue weighted by atomic mass is 10.2. The molecule has 6 nitrogen and oxygen atoms in total. The van der Waals surface area contributed by atoms with Crippen molar-refractivity contribution in [1.29, 1.82) is 0 Å². The highest BCUT2D eigenvalue weighted by Gasteiger charge is 2.30. The molecule has 0 radical (unpaired) electrons. The van der Waals surface area contributed by atoms with E-state index in [1.807, 2.05) is 6.92 Å². The maximum atomic E-state index is 12.7. The summed E-state index contributed by atoms with van der Waals surface area (Å²) in [5.74, 6) is 0.477. The molecule has 0 aromatic heterocycles. The Labute approximate surface area is 125 Å². The summed E-state index contributed by atoms with van der Waals surface area (Å²) < 4.78 is 37.4. The number of ether oxygens (including phenoxy) is 2. The zero-order valence-electron chi connectivity index (χ0n) is 12.3. The first-order chi connectivity index (χ1) is 10.0. The summed E-state index contributed by atoms with van der Waals surface area (Å²) in [5.41, 5.74) is 0.457. The van der Waals surface area contributed by atoms with Gasteiger partial charge in [-0.15, -0.1) is 0 Å². The highest BCUT2D eigenvalue weighted by molar-refractivity contribution is 7.89. The maximum absolute atomic E-state index is 12.7. The van der Waals surface area contributed by atoms with Crippen molar-refractivity contribution in [3.05, 3.63) is 23.8 Å². The predicted octanol–water partition coefficient (Wildman–Crippen LogP) is 0.987. The summed E-state index contributed by atoms with van der Waals surface area (Å²) in [6.45, 7) is 2.81. The Morgan fingerprint density at radius 3 is 2.86 bits per heavy atom. The molecule has 1 N–H and O–H groups in total. The van der Waals surface area contributed by atoms with E-state index in [-0.39, 0.29) is 17.6 Å². The van der Waals surface area contributed by atoms with Crippen molar-refractivity contribution in [3.63, 3.8) is 0 Å². The van der Waals surface area contributed by atoms with Crippen LogP contribution in [0.4, 0.5) is 0 Å². The monoisotopic (exact) mass is 315 g/mol. The normalized spacial score (nSPS) is 20.4. The molecule has 7 heteroatoms. The van der Waals surface area contributed by atoms with Gasteiger partial charge in [-0.25, -0.2) is 8.42 Å². The standard InChI is InChI=1S/C14H21NO5S/c1-3-12-9-15(6-7-20-12)21(17,18)13-4-5-14(19-2)11(8-13)10-16/h4-5,8,12,16H,3,6-7,9-10H2,1-2H3. The first kappa shape index (κ1) is 16.2. The van der Waals surface area contributed by atoms with Gasteiger partial charge in [-0.2, -0.15) is 4.31 Å². The zero-order valence-corrected chi connectivity index (χ0v) is 13.1. The maximum Gasteiger partial charge on any atom is 0.243 e. The third kappa shape index (κ3) is 3.37. The lowest BCUT2D eigenvalue weighted by Gasteiger charge is -2.31. The largest absolute Gasteiger partial charge is 0.496 e. The number of rotatable bonds is 5. The molecule has 1 aromatic rings. The molecule has 1 fully saturated rings. The van der Waals surface area contributed by atoms with E-state index in [1.165, 1.54) is 23.5 Å². The Kier molecular flexibility index (Phi) is 5.21. The number of sulfonamides is 1. The molecule has 1 saturated heterocycles. The average molecular weight is 315 g/mol. The fraction of sp³-hybridized carbons (Fsp3) is 0.571. The molecule has 1 unspecified atom stereocenters. The predicted molar refractivity (Wildman–Crippen MR) is 77.7 cm³/mol. The van der Waals surface area contributed by atoms with E-state index in [1.54, 1.807) is 6.07 Å². The number of aliphatic hydroxyl groups is 1. The van der Waals surface area contributed by atoms with E-state index in [0.717, 1.165) is 6.42 Å². The Morgan fingerprint density at radius 2 is 2.24 bits per heavy atom. The second kappa shape index (κ2) is 6.74. The van der Waals surface area contributed by atoms with Crippen molar-refractivity contribution in [1.82, 2.24) is 4.31 Å². The summed E-state index contributed by atoms with van der Waals surface area (Å²) in [5, 5.41) is 9.32. The summed E-state index contributed by atoms with van der Waals surface area (Å²) in [6, 6.07) is 4.53. The summed E-state index contributed by atoms with van der Waals surface area (Å²) in [6.07, 6.45) is 0.709. The van der Waals surface area contributed by atoms with Gasteiger partial charge in [-0.3, -0.25) is 0 Å². The van der Waals surface area contributed by atoms with Gasteiger partial charge < -0.3 is 14.6 Å².